The Morgan fingerprint density at radius 1 is 1.19 bits per heavy atom. The first-order valence-electron chi connectivity index (χ1n) is 8.28. The molecule has 26 heavy (non-hydrogen) atoms. The molecule has 2 heterocycles. The fourth-order valence-corrected chi connectivity index (χ4v) is 2.41. The first-order chi connectivity index (χ1) is 12.4. The second kappa shape index (κ2) is 7.41. The number of amides is 1. The summed E-state index contributed by atoms with van der Waals surface area (Å²) in [5.74, 6) is 0.804. The van der Waals surface area contributed by atoms with Gasteiger partial charge in [0.1, 0.15) is 17.2 Å². The van der Waals surface area contributed by atoms with Crippen LogP contribution in [0.3, 0.4) is 0 Å². The Morgan fingerprint density at radius 3 is 2.58 bits per heavy atom. The number of aryl methyl sites for hydroxylation is 1. The van der Waals surface area contributed by atoms with Crippen LogP contribution in [0.5, 0.6) is 0 Å². The monoisotopic (exact) mass is 351 g/mol. The highest BCUT2D eigenvalue weighted by molar-refractivity contribution is 6.04. The third-order valence-electron chi connectivity index (χ3n) is 4.00. The number of anilines is 2. The van der Waals surface area contributed by atoms with Gasteiger partial charge in [0.25, 0.3) is 5.91 Å². The fraction of sp³-hybridized carbons (Fsp3) is 0.200. The van der Waals surface area contributed by atoms with E-state index in [0.717, 1.165) is 11.3 Å². The Morgan fingerprint density at radius 2 is 1.96 bits per heavy atom. The molecule has 0 spiro atoms. The first kappa shape index (κ1) is 17.7. The second-order valence-corrected chi connectivity index (χ2v) is 6.36. The zero-order valence-corrected chi connectivity index (χ0v) is 14.7. The van der Waals surface area contributed by atoms with E-state index in [1.165, 1.54) is 12.5 Å². The molecule has 1 unspecified atom stereocenters. The smallest absolute Gasteiger partial charge is 0.257 e. The van der Waals surface area contributed by atoms with E-state index in [2.05, 4.69) is 15.6 Å². The lowest BCUT2D eigenvalue weighted by Gasteiger charge is -2.21. The minimum atomic E-state index is -1.16. The number of hydrogen-bond acceptors (Lipinski definition) is 5. The number of carbonyl (C=O) groups excluding carboxylic acids is 1. The summed E-state index contributed by atoms with van der Waals surface area (Å²) in [6.07, 6.45) is 3.01. The van der Waals surface area contributed by atoms with Crippen LogP contribution in [-0.4, -0.2) is 22.5 Å². The van der Waals surface area contributed by atoms with Crippen LogP contribution in [0.4, 0.5) is 11.5 Å². The van der Waals surface area contributed by atoms with Gasteiger partial charge in [-0.15, -0.1) is 0 Å². The van der Waals surface area contributed by atoms with Crippen molar-refractivity contribution in [2.45, 2.75) is 19.4 Å². The number of benzene rings is 1. The lowest BCUT2D eigenvalue weighted by atomic mass is 10.0. The molecule has 0 aliphatic heterocycles. The largest absolute Gasteiger partial charge is 0.466 e. The number of carbonyl (C=O) groups is 1. The van der Waals surface area contributed by atoms with Crippen molar-refractivity contribution in [3.63, 3.8) is 0 Å². The number of hydrogen-bond donors (Lipinski definition) is 3. The molecular weight excluding hydrogens is 330 g/mol. The Balaban J connectivity index is 1.59. The van der Waals surface area contributed by atoms with Gasteiger partial charge in [-0.1, -0.05) is 17.7 Å². The molecule has 6 heteroatoms. The van der Waals surface area contributed by atoms with Crippen LogP contribution in [0.25, 0.3) is 0 Å². The van der Waals surface area contributed by atoms with Crippen molar-refractivity contribution in [2.75, 3.05) is 17.2 Å². The van der Waals surface area contributed by atoms with Gasteiger partial charge in [-0.2, -0.15) is 0 Å². The van der Waals surface area contributed by atoms with Gasteiger partial charge in [0.05, 0.1) is 18.4 Å². The lowest BCUT2D eigenvalue weighted by molar-refractivity contribution is 0.0476. The minimum absolute atomic E-state index is 0.225. The van der Waals surface area contributed by atoms with E-state index in [1.807, 2.05) is 31.2 Å². The Labute approximate surface area is 151 Å². The summed E-state index contributed by atoms with van der Waals surface area (Å²) in [7, 11) is 0. The van der Waals surface area contributed by atoms with Gasteiger partial charge in [0.15, 0.2) is 0 Å². The molecule has 1 amide bonds. The topological polar surface area (TPSA) is 87.4 Å². The maximum atomic E-state index is 12.3. The van der Waals surface area contributed by atoms with Crippen LogP contribution < -0.4 is 10.6 Å². The quantitative estimate of drug-likeness (QED) is 0.632. The number of nitrogens with one attached hydrogen (secondary N) is 2. The molecular formula is C20H21N3O3. The molecule has 3 N–H and O–H groups in total. The lowest BCUT2D eigenvalue weighted by Crippen LogP contribution is -2.30. The second-order valence-electron chi connectivity index (χ2n) is 6.36. The average molecular weight is 351 g/mol. The summed E-state index contributed by atoms with van der Waals surface area (Å²) >= 11 is 0. The van der Waals surface area contributed by atoms with E-state index in [-0.39, 0.29) is 12.5 Å². The fourth-order valence-electron chi connectivity index (χ4n) is 2.41. The summed E-state index contributed by atoms with van der Waals surface area (Å²) < 4.78 is 5.24. The standard InChI is InChI=1S/C20H21N3O3/c1-14-5-8-16(9-6-14)23-19(24)15-7-10-18(21-12-15)22-13-20(2,25)17-4-3-11-26-17/h3-12,25H,13H2,1-2H3,(H,21,22)(H,23,24). The Kier molecular flexibility index (Phi) is 5.04. The number of aromatic nitrogens is 1. The molecule has 0 saturated carbocycles. The van der Waals surface area contributed by atoms with Crippen molar-refractivity contribution in [1.29, 1.82) is 0 Å². The summed E-state index contributed by atoms with van der Waals surface area (Å²) in [6, 6.07) is 14.4. The molecule has 134 valence electrons. The summed E-state index contributed by atoms with van der Waals surface area (Å²) in [6.45, 7) is 3.87. The number of aliphatic hydroxyl groups is 1. The van der Waals surface area contributed by atoms with Crippen molar-refractivity contribution < 1.29 is 14.3 Å². The predicted octanol–water partition coefficient (Wildman–Crippen LogP) is 3.55. The molecule has 3 rings (SSSR count). The van der Waals surface area contributed by atoms with Crippen molar-refractivity contribution in [2.24, 2.45) is 0 Å². The summed E-state index contributed by atoms with van der Waals surface area (Å²) in [5, 5.41) is 16.3. The predicted molar refractivity (Wildman–Crippen MR) is 100 cm³/mol. The molecule has 0 saturated heterocycles. The number of furan rings is 1. The van der Waals surface area contributed by atoms with Gasteiger partial charge in [-0.3, -0.25) is 4.79 Å². The van der Waals surface area contributed by atoms with Crippen molar-refractivity contribution in [3.05, 3.63) is 77.9 Å². The minimum Gasteiger partial charge on any atom is -0.466 e. The van der Waals surface area contributed by atoms with Crippen LogP contribution >= 0.6 is 0 Å². The maximum absolute atomic E-state index is 12.3. The molecule has 2 aromatic heterocycles. The molecule has 0 bridgehead atoms. The van der Waals surface area contributed by atoms with Crippen LogP contribution in [0.2, 0.25) is 0 Å². The molecule has 1 atom stereocenters. The number of pyridine rings is 1. The van der Waals surface area contributed by atoms with E-state index < -0.39 is 5.60 Å². The van der Waals surface area contributed by atoms with Gasteiger partial charge in [-0.05, 0) is 50.2 Å². The molecule has 6 nitrogen and oxygen atoms in total. The van der Waals surface area contributed by atoms with Gasteiger partial charge >= 0.3 is 0 Å². The third-order valence-corrected chi connectivity index (χ3v) is 4.00. The molecule has 0 aliphatic carbocycles. The third kappa shape index (κ3) is 4.29. The number of rotatable bonds is 6. The van der Waals surface area contributed by atoms with Crippen LogP contribution in [0, 0.1) is 6.92 Å². The van der Waals surface area contributed by atoms with Crippen molar-refractivity contribution >= 4 is 17.4 Å². The van der Waals surface area contributed by atoms with Gasteiger partial charge in [-0.25, -0.2) is 4.98 Å². The molecule has 0 radical (unpaired) electrons. The zero-order chi connectivity index (χ0) is 18.6. The molecule has 0 fully saturated rings. The SMILES string of the molecule is Cc1ccc(NC(=O)c2ccc(NCC(C)(O)c3ccco3)nc2)cc1. The first-order valence-corrected chi connectivity index (χ1v) is 8.28. The van der Waals surface area contributed by atoms with Crippen LogP contribution in [0.15, 0.2) is 65.4 Å². The van der Waals surface area contributed by atoms with E-state index in [1.54, 1.807) is 31.2 Å². The van der Waals surface area contributed by atoms with E-state index in [0.29, 0.717) is 17.1 Å². The van der Waals surface area contributed by atoms with E-state index in [9.17, 15) is 9.90 Å². The van der Waals surface area contributed by atoms with Gasteiger partial charge in [0.2, 0.25) is 0 Å². The summed E-state index contributed by atoms with van der Waals surface area (Å²) in [5.41, 5.74) is 1.16. The molecule has 1 aromatic carbocycles. The van der Waals surface area contributed by atoms with Crippen LogP contribution in [-0.2, 0) is 5.60 Å². The van der Waals surface area contributed by atoms with E-state index in [4.69, 9.17) is 4.42 Å². The summed E-state index contributed by atoms with van der Waals surface area (Å²) in [4.78, 5) is 16.5. The average Bonchev–Trinajstić information content (AvgIpc) is 3.18. The normalized spacial score (nSPS) is 13.0. The highest BCUT2D eigenvalue weighted by atomic mass is 16.4. The Hall–Kier alpha value is -3.12. The maximum Gasteiger partial charge on any atom is 0.257 e. The van der Waals surface area contributed by atoms with Gasteiger partial charge < -0.3 is 20.2 Å². The zero-order valence-electron chi connectivity index (χ0n) is 14.7. The van der Waals surface area contributed by atoms with Crippen molar-refractivity contribution in [3.8, 4) is 0 Å². The van der Waals surface area contributed by atoms with Crippen LogP contribution in [0.1, 0.15) is 28.6 Å². The molecule has 0 aliphatic rings. The van der Waals surface area contributed by atoms with Crippen molar-refractivity contribution in [1.82, 2.24) is 4.98 Å². The number of nitrogens with zero attached hydrogens (tertiary/aromatic N) is 1. The molecule has 3 aromatic rings. The van der Waals surface area contributed by atoms with Gasteiger partial charge in [0, 0.05) is 11.9 Å². The highest BCUT2D eigenvalue weighted by Crippen LogP contribution is 2.21. The van der Waals surface area contributed by atoms with E-state index >= 15 is 0 Å². The highest BCUT2D eigenvalue weighted by Gasteiger charge is 2.26. The Bertz CT molecular complexity index is 854.